The van der Waals surface area contributed by atoms with Gasteiger partial charge in [0.1, 0.15) is 0 Å². The van der Waals surface area contributed by atoms with Gasteiger partial charge in [-0.2, -0.15) is 0 Å². The molecule has 104 valence electrons. The SMILES string of the molecule is Cc1cc(C(=O)N2CCN(C)CC2)ccc1C(C)C. The highest BCUT2D eigenvalue weighted by molar-refractivity contribution is 5.94. The Kier molecular flexibility index (Phi) is 4.25. The fourth-order valence-electron chi connectivity index (χ4n) is 2.65. The van der Waals surface area contributed by atoms with Crippen molar-refractivity contribution in [2.24, 2.45) is 0 Å². The molecule has 0 radical (unpaired) electrons. The second-order valence-electron chi connectivity index (χ2n) is 5.82. The summed E-state index contributed by atoms with van der Waals surface area (Å²) in [5.74, 6) is 0.680. The van der Waals surface area contributed by atoms with Crippen LogP contribution in [0.4, 0.5) is 0 Å². The zero-order valence-electron chi connectivity index (χ0n) is 12.4. The molecule has 0 aliphatic carbocycles. The smallest absolute Gasteiger partial charge is 0.253 e. The van der Waals surface area contributed by atoms with E-state index in [-0.39, 0.29) is 5.91 Å². The van der Waals surface area contributed by atoms with Crippen LogP contribution >= 0.6 is 0 Å². The average molecular weight is 260 g/mol. The van der Waals surface area contributed by atoms with E-state index < -0.39 is 0 Å². The van der Waals surface area contributed by atoms with E-state index in [1.165, 1.54) is 11.1 Å². The van der Waals surface area contributed by atoms with Crippen LogP contribution in [0, 0.1) is 6.92 Å². The standard InChI is InChI=1S/C16H24N2O/c1-12(2)15-6-5-14(11-13(15)3)16(19)18-9-7-17(4)8-10-18/h5-6,11-12H,7-10H2,1-4H3. The number of nitrogens with zero attached hydrogens (tertiary/aromatic N) is 2. The minimum atomic E-state index is 0.173. The lowest BCUT2D eigenvalue weighted by molar-refractivity contribution is 0.0664. The van der Waals surface area contributed by atoms with Crippen LogP contribution in [-0.4, -0.2) is 48.9 Å². The first-order chi connectivity index (χ1) is 8.99. The molecule has 1 aliphatic rings. The maximum Gasteiger partial charge on any atom is 0.253 e. The molecule has 1 heterocycles. The third-order valence-corrected chi connectivity index (χ3v) is 3.93. The van der Waals surface area contributed by atoms with Crippen LogP contribution < -0.4 is 0 Å². The Morgan fingerprint density at radius 1 is 1.16 bits per heavy atom. The number of rotatable bonds is 2. The highest BCUT2D eigenvalue weighted by atomic mass is 16.2. The Morgan fingerprint density at radius 2 is 1.79 bits per heavy atom. The van der Waals surface area contributed by atoms with E-state index in [0.717, 1.165) is 31.7 Å². The zero-order valence-corrected chi connectivity index (χ0v) is 12.4. The number of aryl methyl sites for hydroxylation is 1. The number of carbonyl (C=O) groups is 1. The Balaban J connectivity index is 2.13. The van der Waals surface area contributed by atoms with Crippen molar-refractivity contribution in [3.8, 4) is 0 Å². The van der Waals surface area contributed by atoms with E-state index in [4.69, 9.17) is 0 Å². The van der Waals surface area contributed by atoms with Crippen molar-refractivity contribution < 1.29 is 4.79 Å². The van der Waals surface area contributed by atoms with Crippen molar-refractivity contribution >= 4 is 5.91 Å². The Bertz CT molecular complexity index is 460. The van der Waals surface area contributed by atoms with E-state index in [1.807, 2.05) is 17.0 Å². The molecule has 1 aromatic carbocycles. The number of benzene rings is 1. The number of likely N-dealkylation sites (N-methyl/N-ethyl adjacent to an activating group) is 1. The van der Waals surface area contributed by atoms with Crippen molar-refractivity contribution in [1.29, 1.82) is 0 Å². The molecular formula is C16H24N2O. The van der Waals surface area contributed by atoms with Gasteiger partial charge in [-0.15, -0.1) is 0 Å². The van der Waals surface area contributed by atoms with Gasteiger partial charge in [0.25, 0.3) is 5.91 Å². The normalized spacial score (nSPS) is 17.0. The van der Waals surface area contributed by atoms with Gasteiger partial charge in [0, 0.05) is 31.7 Å². The summed E-state index contributed by atoms with van der Waals surface area (Å²) in [7, 11) is 2.10. The first kappa shape index (κ1) is 14.1. The topological polar surface area (TPSA) is 23.6 Å². The molecule has 0 unspecified atom stereocenters. The summed E-state index contributed by atoms with van der Waals surface area (Å²) in [5.41, 5.74) is 3.37. The molecule has 1 aliphatic heterocycles. The van der Waals surface area contributed by atoms with Crippen LogP contribution in [0.25, 0.3) is 0 Å². The van der Waals surface area contributed by atoms with Gasteiger partial charge in [-0.05, 0) is 43.1 Å². The van der Waals surface area contributed by atoms with E-state index >= 15 is 0 Å². The number of amides is 1. The Morgan fingerprint density at radius 3 is 2.32 bits per heavy atom. The highest BCUT2D eigenvalue weighted by Crippen LogP contribution is 2.21. The van der Waals surface area contributed by atoms with Crippen LogP contribution in [-0.2, 0) is 0 Å². The summed E-state index contributed by atoms with van der Waals surface area (Å²) in [6.45, 7) is 10.1. The lowest BCUT2D eigenvalue weighted by Crippen LogP contribution is -2.47. The summed E-state index contributed by atoms with van der Waals surface area (Å²) in [5, 5.41) is 0. The van der Waals surface area contributed by atoms with E-state index in [0.29, 0.717) is 5.92 Å². The predicted octanol–water partition coefficient (Wildman–Crippen LogP) is 2.51. The monoisotopic (exact) mass is 260 g/mol. The second-order valence-corrected chi connectivity index (χ2v) is 5.82. The molecule has 0 spiro atoms. The van der Waals surface area contributed by atoms with Gasteiger partial charge in [0.2, 0.25) is 0 Å². The molecule has 1 aromatic rings. The number of hydrogen-bond acceptors (Lipinski definition) is 2. The summed E-state index contributed by atoms with van der Waals surface area (Å²) in [4.78, 5) is 16.7. The minimum absolute atomic E-state index is 0.173. The first-order valence-corrected chi connectivity index (χ1v) is 7.07. The summed E-state index contributed by atoms with van der Waals surface area (Å²) in [6, 6.07) is 6.11. The maximum absolute atomic E-state index is 12.4. The van der Waals surface area contributed by atoms with E-state index in [9.17, 15) is 4.79 Å². The van der Waals surface area contributed by atoms with Gasteiger partial charge in [0.15, 0.2) is 0 Å². The van der Waals surface area contributed by atoms with Gasteiger partial charge >= 0.3 is 0 Å². The van der Waals surface area contributed by atoms with Crippen molar-refractivity contribution in [3.63, 3.8) is 0 Å². The van der Waals surface area contributed by atoms with Crippen LogP contribution in [0.1, 0.15) is 41.3 Å². The Labute approximate surface area is 116 Å². The van der Waals surface area contributed by atoms with Gasteiger partial charge in [-0.1, -0.05) is 19.9 Å². The first-order valence-electron chi connectivity index (χ1n) is 7.07. The van der Waals surface area contributed by atoms with Crippen molar-refractivity contribution in [2.45, 2.75) is 26.7 Å². The van der Waals surface area contributed by atoms with Crippen LogP contribution in [0.3, 0.4) is 0 Å². The van der Waals surface area contributed by atoms with Gasteiger partial charge in [-0.25, -0.2) is 0 Å². The van der Waals surface area contributed by atoms with Crippen LogP contribution in [0.5, 0.6) is 0 Å². The molecule has 0 N–H and O–H groups in total. The average Bonchev–Trinajstić information content (AvgIpc) is 2.38. The second kappa shape index (κ2) is 5.74. The van der Waals surface area contributed by atoms with Gasteiger partial charge in [-0.3, -0.25) is 4.79 Å². The highest BCUT2D eigenvalue weighted by Gasteiger charge is 2.20. The molecule has 0 atom stereocenters. The number of carbonyl (C=O) groups excluding carboxylic acids is 1. The van der Waals surface area contributed by atoms with Gasteiger partial charge < -0.3 is 9.80 Å². The lowest BCUT2D eigenvalue weighted by Gasteiger charge is -2.32. The Hall–Kier alpha value is -1.35. The molecule has 3 heteroatoms. The van der Waals surface area contributed by atoms with E-state index in [1.54, 1.807) is 0 Å². The molecule has 0 bridgehead atoms. The molecule has 0 saturated carbocycles. The molecule has 2 rings (SSSR count). The molecule has 1 amide bonds. The largest absolute Gasteiger partial charge is 0.336 e. The minimum Gasteiger partial charge on any atom is -0.336 e. The molecule has 19 heavy (non-hydrogen) atoms. The zero-order chi connectivity index (χ0) is 14.0. The summed E-state index contributed by atoms with van der Waals surface area (Å²) in [6.07, 6.45) is 0. The molecule has 1 fully saturated rings. The van der Waals surface area contributed by atoms with Gasteiger partial charge in [0.05, 0.1) is 0 Å². The van der Waals surface area contributed by atoms with Crippen LogP contribution in [0.15, 0.2) is 18.2 Å². The fourth-order valence-corrected chi connectivity index (χ4v) is 2.65. The third-order valence-electron chi connectivity index (χ3n) is 3.93. The summed E-state index contributed by atoms with van der Waals surface area (Å²) < 4.78 is 0. The van der Waals surface area contributed by atoms with Crippen molar-refractivity contribution in [2.75, 3.05) is 33.2 Å². The lowest BCUT2D eigenvalue weighted by atomic mass is 9.96. The van der Waals surface area contributed by atoms with Crippen LogP contribution in [0.2, 0.25) is 0 Å². The number of hydrogen-bond donors (Lipinski definition) is 0. The number of piperazine rings is 1. The predicted molar refractivity (Wildman–Crippen MR) is 78.7 cm³/mol. The van der Waals surface area contributed by atoms with Crippen molar-refractivity contribution in [1.82, 2.24) is 9.80 Å². The molecular weight excluding hydrogens is 236 g/mol. The third kappa shape index (κ3) is 3.16. The maximum atomic E-state index is 12.4. The molecule has 0 aromatic heterocycles. The summed E-state index contributed by atoms with van der Waals surface area (Å²) >= 11 is 0. The molecule has 3 nitrogen and oxygen atoms in total. The quantitative estimate of drug-likeness (QED) is 0.815. The molecule has 1 saturated heterocycles. The van der Waals surface area contributed by atoms with E-state index in [2.05, 4.69) is 38.8 Å². The fraction of sp³-hybridized carbons (Fsp3) is 0.562. The van der Waals surface area contributed by atoms with Crippen molar-refractivity contribution in [3.05, 3.63) is 34.9 Å².